The van der Waals surface area contributed by atoms with Crippen molar-refractivity contribution in [3.63, 3.8) is 0 Å². The van der Waals surface area contributed by atoms with Gasteiger partial charge in [-0.15, -0.1) is 0 Å². The zero-order valence-corrected chi connectivity index (χ0v) is 32.4. The molecule has 3 nitrogen and oxygen atoms in total. The van der Waals surface area contributed by atoms with Crippen molar-refractivity contribution in [1.82, 2.24) is 10.6 Å². The summed E-state index contributed by atoms with van der Waals surface area (Å²) >= 11 is 2.48. The van der Waals surface area contributed by atoms with Gasteiger partial charge >= 0.3 is 0 Å². The van der Waals surface area contributed by atoms with E-state index in [0.29, 0.717) is 59.2 Å². The van der Waals surface area contributed by atoms with Crippen molar-refractivity contribution in [3.8, 4) is 6.07 Å². The smallest absolute Gasteiger partial charge is 0.0988 e. The Morgan fingerprint density at radius 3 is 2.33 bits per heavy atom. The van der Waals surface area contributed by atoms with Crippen molar-refractivity contribution in [2.24, 2.45) is 52.8 Å². The van der Waals surface area contributed by atoms with Crippen LogP contribution in [0.5, 0.6) is 0 Å². The largest absolute Gasteiger partial charge is 0.298 e. The van der Waals surface area contributed by atoms with E-state index in [4.69, 9.17) is 0 Å². The minimum atomic E-state index is 0.384. The maximum Gasteiger partial charge on any atom is 0.0988 e. The maximum absolute atomic E-state index is 9.58. The number of nitrogens with one attached hydrogen (secondary N) is 2. The van der Waals surface area contributed by atoms with E-state index in [1.807, 2.05) is 11.1 Å². The molecule has 8 aliphatic carbocycles. The molecule has 0 radical (unpaired) electrons. The van der Waals surface area contributed by atoms with Crippen LogP contribution in [0.1, 0.15) is 122 Å². The molecule has 0 aromatic heterocycles. The fourth-order valence-corrected chi connectivity index (χ4v) is 16.4. The van der Waals surface area contributed by atoms with Gasteiger partial charge in [-0.3, -0.25) is 10.6 Å². The van der Waals surface area contributed by atoms with E-state index in [9.17, 15) is 5.26 Å². The topological polar surface area (TPSA) is 47.9 Å². The second kappa shape index (κ2) is 14.5. The molecule has 0 aromatic carbocycles. The van der Waals surface area contributed by atoms with Gasteiger partial charge in [0.15, 0.2) is 0 Å². The molecule has 2 saturated heterocycles. The lowest BCUT2D eigenvalue weighted by Crippen LogP contribution is -2.63. The quantitative estimate of drug-likeness (QED) is 0.285. The van der Waals surface area contributed by atoms with E-state index in [0.717, 1.165) is 34.3 Å². The summed E-state index contributed by atoms with van der Waals surface area (Å²) in [6.45, 7) is 0. The molecule has 1 spiro atoms. The van der Waals surface area contributed by atoms with Crippen molar-refractivity contribution in [2.45, 2.75) is 151 Å². The summed E-state index contributed by atoms with van der Waals surface area (Å²) in [4.78, 5) is 0. The van der Waals surface area contributed by atoms with Crippen LogP contribution in [0.4, 0.5) is 0 Å². The van der Waals surface area contributed by atoms with Crippen molar-refractivity contribution in [1.29, 1.82) is 5.26 Å². The minimum Gasteiger partial charge on any atom is -0.298 e. The van der Waals surface area contributed by atoms with Crippen LogP contribution in [-0.4, -0.2) is 28.7 Å². The van der Waals surface area contributed by atoms with Gasteiger partial charge < -0.3 is 0 Å². The van der Waals surface area contributed by atoms with Gasteiger partial charge in [0.1, 0.15) is 0 Å². The molecule has 4 fully saturated rings. The highest BCUT2D eigenvalue weighted by molar-refractivity contribution is 8.00. The zero-order valence-electron chi connectivity index (χ0n) is 31.6. The third kappa shape index (κ3) is 5.89. The van der Waals surface area contributed by atoms with Gasteiger partial charge in [0.25, 0.3) is 0 Å². The summed E-state index contributed by atoms with van der Waals surface area (Å²) in [5.74, 6) is 5.58. The first-order valence-electron chi connectivity index (χ1n) is 22.1. The third-order valence-corrected chi connectivity index (χ3v) is 18.3. The van der Waals surface area contributed by atoms with E-state index >= 15 is 0 Å². The Kier molecular flexibility index (Phi) is 9.63. The highest BCUT2D eigenvalue weighted by Crippen LogP contribution is 2.73. The maximum atomic E-state index is 9.58. The number of rotatable bonds is 4. The first-order chi connectivity index (χ1) is 25.7. The van der Waals surface area contributed by atoms with Crippen molar-refractivity contribution in [2.75, 3.05) is 0 Å². The van der Waals surface area contributed by atoms with Gasteiger partial charge in [-0.1, -0.05) is 91.5 Å². The highest BCUT2D eigenvalue weighted by Gasteiger charge is 2.65. The molecule has 2 N–H and O–H groups in total. The van der Waals surface area contributed by atoms with Crippen LogP contribution in [0.3, 0.4) is 0 Å². The Hall–Kier alpha value is -2.06. The van der Waals surface area contributed by atoms with E-state index in [1.54, 1.807) is 5.57 Å². The second-order valence-electron chi connectivity index (χ2n) is 18.8. The molecule has 2 heterocycles. The predicted octanol–water partition coefficient (Wildman–Crippen LogP) is 11.1. The zero-order chi connectivity index (χ0) is 34.6. The molecule has 10 aliphatic rings. The molecule has 2 aliphatic heterocycles. The number of fused-ring (bicyclic) bond motifs is 8. The predicted molar refractivity (Wildman–Crippen MR) is 216 cm³/mol. The van der Waals surface area contributed by atoms with Gasteiger partial charge in [-0.25, -0.2) is 0 Å². The number of nitriles is 1. The van der Waals surface area contributed by atoms with Gasteiger partial charge in [-0.2, -0.15) is 17.0 Å². The van der Waals surface area contributed by atoms with Crippen molar-refractivity contribution in [3.05, 3.63) is 83.1 Å². The molecule has 10 rings (SSSR count). The van der Waals surface area contributed by atoms with Crippen LogP contribution in [0, 0.1) is 64.1 Å². The summed E-state index contributed by atoms with van der Waals surface area (Å²) in [5.41, 5.74) is 6.76. The molecule has 0 bridgehead atoms. The lowest BCUT2D eigenvalue weighted by molar-refractivity contribution is 0.0146. The fourth-order valence-electron chi connectivity index (χ4n) is 14.2. The highest BCUT2D eigenvalue weighted by atomic mass is 32.2. The first-order valence-corrected chi connectivity index (χ1v) is 23.0. The molecule has 0 amide bonds. The normalized spacial score (nSPS) is 46.8. The second-order valence-corrected chi connectivity index (χ2v) is 20.3. The number of allylic oxidation sites excluding steroid dienone is 11. The van der Waals surface area contributed by atoms with E-state index in [-0.39, 0.29) is 0 Å². The number of thioether (sulfide) groups is 1. The van der Waals surface area contributed by atoms with Gasteiger partial charge in [-0.05, 0) is 149 Å². The van der Waals surface area contributed by atoms with Crippen LogP contribution in [-0.2, 0) is 0 Å². The summed E-state index contributed by atoms with van der Waals surface area (Å²) < 4.78 is 0. The Morgan fingerprint density at radius 2 is 1.60 bits per heavy atom. The van der Waals surface area contributed by atoms with Gasteiger partial charge in [0.2, 0.25) is 0 Å². The Bertz CT molecular complexity index is 1610. The molecule has 4 heteroatoms. The first kappa shape index (κ1) is 34.4. The average Bonchev–Trinajstić information content (AvgIpc) is 3.50. The van der Waals surface area contributed by atoms with E-state index < -0.39 is 0 Å². The Morgan fingerprint density at radius 1 is 0.750 bits per heavy atom. The summed E-state index contributed by atoms with van der Waals surface area (Å²) in [7, 11) is 0. The van der Waals surface area contributed by atoms with E-state index in [1.165, 1.54) is 116 Å². The lowest BCUT2D eigenvalue weighted by Gasteiger charge is -2.61. The molecule has 0 aromatic rings. The SMILES string of the molecule is N#CC1=CCC(C2CCC3=C(C2)C2C=C(C4CC(C5C=CCCC5)NC(C5CC=CCC5)N4)C=CC2C32C3CCCCC3SC3CCCCC32)C=C1. The van der Waals surface area contributed by atoms with Gasteiger partial charge in [0, 0.05) is 39.5 Å². The molecule has 2 saturated carbocycles. The molecule has 52 heavy (non-hydrogen) atoms. The molecular formula is C48H63N3S. The molecule has 13 atom stereocenters. The van der Waals surface area contributed by atoms with Gasteiger partial charge in [0.05, 0.1) is 12.2 Å². The van der Waals surface area contributed by atoms with Crippen molar-refractivity contribution >= 4 is 11.8 Å². The van der Waals surface area contributed by atoms with Crippen LogP contribution >= 0.6 is 11.8 Å². The van der Waals surface area contributed by atoms with Crippen LogP contribution in [0.25, 0.3) is 0 Å². The molecule has 13 unspecified atom stereocenters. The minimum absolute atomic E-state index is 0.384. The van der Waals surface area contributed by atoms with Crippen molar-refractivity contribution < 1.29 is 0 Å². The van der Waals surface area contributed by atoms with Crippen LogP contribution < -0.4 is 10.6 Å². The number of hydrogen-bond donors (Lipinski definition) is 2. The summed E-state index contributed by atoms with van der Waals surface area (Å²) in [6.07, 6.45) is 51.0. The Labute approximate surface area is 319 Å². The number of hydrogen-bond acceptors (Lipinski definition) is 4. The standard InChI is InChI=1S/C48H63N3S/c49-30-31-19-21-32(22-20-31)35-23-25-39-37(27-35)38-28-36(44-29-43(33-11-3-1-4-12-33)50-47(51-44)34-13-5-2-6-14-34)24-26-40(38)48(39)41-15-7-9-17-45(41)52-46-18-10-8-16-42(46)48/h2-3,5,11,19-21,24,26,28,32-35,38,40-47,50-51H,1,4,6-10,12-18,22-23,25,27,29H2. The summed E-state index contributed by atoms with van der Waals surface area (Å²) in [5, 5.41) is 19.8. The Balaban J connectivity index is 1.03. The average molecular weight is 714 g/mol. The van der Waals surface area contributed by atoms with Crippen LogP contribution in [0.15, 0.2) is 83.1 Å². The third-order valence-electron chi connectivity index (χ3n) is 16.5. The molecular weight excluding hydrogens is 651 g/mol. The molecule has 276 valence electrons. The lowest BCUT2D eigenvalue weighted by atomic mass is 9.50. The van der Waals surface area contributed by atoms with Crippen LogP contribution in [0.2, 0.25) is 0 Å². The monoisotopic (exact) mass is 713 g/mol. The summed E-state index contributed by atoms with van der Waals surface area (Å²) in [6, 6.07) is 3.39. The number of nitrogens with zero attached hydrogens (tertiary/aromatic N) is 1. The van der Waals surface area contributed by atoms with E-state index in [2.05, 4.69) is 89.2 Å². The fraction of sp³-hybridized carbons (Fsp3) is 0.688.